The molecular weight excluding hydrogens is 426 g/mol. The van der Waals surface area contributed by atoms with Crippen LogP contribution in [-0.4, -0.2) is 38.2 Å². The Bertz CT molecular complexity index is 1010. The van der Waals surface area contributed by atoms with Crippen molar-refractivity contribution in [1.82, 2.24) is 9.97 Å². The first-order chi connectivity index (χ1) is 15.2. The maximum Gasteiger partial charge on any atom is 0.353 e. The van der Waals surface area contributed by atoms with Gasteiger partial charge in [0.05, 0.1) is 17.1 Å². The van der Waals surface area contributed by atoms with Crippen molar-refractivity contribution in [3.63, 3.8) is 0 Å². The first-order valence-corrected chi connectivity index (χ1v) is 9.41. The zero-order valence-electron chi connectivity index (χ0n) is 16.6. The Hall–Kier alpha value is -3.90. The lowest BCUT2D eigenvalue weighted by atomic mass is 10.1. The summed E-state index contributed by atoms with van der Waals surface area (Å²) >= 11 is 0. The molecule has 1 heterocycles. The zero-order chi connectivity index (χ0) is 23.3. The number of benzene rings is 2. The van der Waals surface area contributed by atoms with E-state index in [2.05, 4.69) is 20.6 Å². The van der Waals surface area contributed by atoms with Crippen molar-refractivity contribution in [2.24, 2.45) is 0 Å². The van der Waals surface area contributed by atoms with Gasteiger partial charge in [-0.15, -0.1) is 0 Å². The van der Waals surface area contributed by atoms with Gasteiger partial charge >= 0.3 is 5.69 Å². The van der Waals surface area contributed by atoms with Crippen molar-refractivity contribution in [1.29, 1.82) is 0 Å². The topological polar surface area (TPSA) is 159 Å². The maximum absolute atomic E-state index is 13.0. The Morgan fingerprint density at radius 2 is 1.25 bits per heavy atom. The van der Waals surface area contributed by atoms with Crippen LogP contribution < -0.4 is 16.4 Å². The summed E-state index contributed by atoms with van der Waals surface area (Å²) in [6.07, 6.45) is -2.22. The fraction of sp³-hybridized carbons (Fsp3) is 0.200. The lowest BCUT2D eigenvalue weighted by molar-refractivity contribution is -0.383. The number of nitrogens with one attached hydrogen (secondary N) is 2. The van der Waals surface area contributed by atoms with E-state index in [1.807, 2.05) is 0 Å². The number of nitrogens with zero attached hydrogens (tertiary/aromatic N) is 3. The minimum atomic E-state index is -1.11. The average molecular weight is 446 g/mol. The summed E-state index contributed by atoms with van der Waals surface area (Å²) in [7, 11) is 0. The van der Waals surface area contributed by atoms with Crippen molar-refractivity contribution in [2.45, 2.75) is 12.2 Å². The molecule has 12 heteroatoms. The Morgan fingerprint density at radius 1 is 0.875 bits per heavy atom. The largest absolute Gasteiger partial charge is 0.387 e. The summed E-state index contributed by atoms with van der Waals surface area (Å²) in [6, 6.07) is 10.2. The Labute approximate surface area is 180 Å². The molecular formula is C20H20F2N6O4. The monoisotopic (exact) mass is 446 g/mol. The Balaban J connectivity index is 1.76. The molecule has 0 bridgehead atoms. The van der Waals surface area contributed by atoms with E-state index in [4.69, 9.17) is 5.73 Å². The van der Waals surface area contributed by atoms with Gasteiger partial charge < -0.3 is 26.6 Å². The van der Waals surface area contributed by atoms with Crippen LogP contribution >= 0.6 is 0 Å². The van der Waals surface area contributed by atoms with E-state index in [9.17, 15) is 29.1 Å². The van der Waals surface area contributed by atoms with Gasteiger partial charge in [0.2, 0.25) is 17.6 Å². The van der Waals surface area contributed by atoms with Crippen LogP contribution in [0.4, 0.5) is 32.1 Å². The SMILES string of the molecule is Nc1nc(NC[C@H](O)c2ccc(F)cc2)c([N+](=O)[O-])c(NC[C@H](O)c2ccc(F)cc2)n1. The Morgan fingerprint density at radius 3 is 1.59 bits per heavy atom. The average Bonchev–Trinajstić information content (AvgIpc) is 2.76. The van der Waals surface area contributed by atoms with Gasteiger partial charge in [-0.2, -0.15) is 9.97 Å². The van der Waals surface area contributed by atoms with Crippen LogP contribution in [0, 0.1) is 21.7 Å². The number of nitro groups is 1. The number of aromatic nitrogens is 2. The zero-order valence-corrected chi connectivity index (χ0v) is 16.6. The van der Waals surface area contributed by atoms with E-state index in [0.29, 0.717) is 11.1 Å². The van der Waals surface area contributed by atoms with Crippen LogP contribution in [0.5, 0.6) is 0 Å². The van der Waals surface area contributed by atoms with Crippen molar-refractivity contribution < 1.29 is 23.9 Å². The number of nitrogen functional groups attached to an aromatic ring is 1. The Kier molecular flexibility index (Phi) is 7.07. The molecule has 3 aromatic rings. The number of anilines is 3. The molecule has 2 aromatic carbocycles. The third kappa shape index (κ3) is 5.62. The molecule has 0 saturated heterocycles. The maximum atomic E-state index is 13.0. The van der Waals surface area contributed by atoms with Crippen LogP contribution in [0.15, 0.2) is 48.5 Å². The third-order valence-corrected chi connectivity index (χ3v) is 4.52. The predicted octanol–water partition coefficient (Wildman–Crippen LogP) is 2.54. The normalized spacial score (nSPS) is 12.8. The highest BCUT2D eigenvalue weighted by atomic mass is 19.1. The molecule has 0 fully saturated rings. The van der Waals surface area contributed by atoms with E-state index in [1.54, 1.807) is 0 Å². The second kappa shape index (κ2) is 9.94. The highest BCUT2D eigenvalue weighted by Crippen LogP contribution is 2.31. The molecule has 2 atom stereocenters. The predicted molar refractivity (Wildman–Crippen MR) is 113 cm³/mol. The number of hydrogen-bond acceptors (Lipinski definition) is 9. The minimum Gasteiger partial charge on any atom is -0.387 e. The molecule has 0 amide bonds. The van der Waals surface area contributed by atoms with Gasteiger partial charge in [0.15, 0.2) is 0 Å². The number of hydrogen-bond donors (Lipinski definition) is 5. The van der Waals surface area contributed by atoms with Crippen molar-refractivity contribution in [3.8, 4) is 0 Å². The van der Waals surface area contributed by atoms with Gasteiger partial charge in [0.1, 0.15) is 11.6 Å². The fourth-order valence-electron chi connectivity index (χ4n) is 2.88. The molecule has 0 unspecified atom stereocenters. The van der Waals surface area contributed by atoms with Crippen molar-refractivity contribution in [3.05, 3.63) is 81.4 Å². The molecule has 3 rings (SSSR count). The van der Waals surface area contributed by atoms with E-state index >= 15 is 0 Å². The molecule has 0 saturated carbocycles. The first-order valence-electron chi connectivity index (χ1n) is 9.41. The smallest absolute Gasteiger partial charge is 0.353 e. The molecule has 6 N–H and O–H groups in total. The molecule has 0 aliphatic carbocycles. The van der Waals surface area contributed by atoms with Crippen molar-refractivity contribution >= 4 is 23.3 Å². The van der Waals surface area contributed by atoms with Gasteiger partial charge in [0.25, 0.3) is 0 Å². The molecule has 0 spiro atoms. The summed E-state index contributed by atoms with van der Waals surface area (Å²) in [5, 5.41) is 37.5. The first kappa shape index (κ1) is 22.8. The van der Waals surface area contributed by atoms with Gasteiger partial charge in [-0.05, 0) is 35.4 Å². The molecule has 0 aliphatic rings. The molecule has 168 valence electrons. The standard InChI is InChI=1S/C20H20F2N6O4/c21-13-5-1-11(2-6-13)15(29)9-24-18-17(28(31)32)19(27-20(23)26-18)25-10-16(30)12-3-7-14(22)8-4-12/h1-8,15-16,29-30H,9-10H2,(H4,23,24,25,26,27)/t15-,16-/m0/s1. The van der Waals surface area contributed by atoms with Crippen LogP contribution in [0.25, 0.3) is 0 Å². The molecule has 10 nitrogen and oxygen atoms in total. The van der Waals surface area contributed by atoms with Crippen LogP contribution in [0.2, 0.25) is 0 Å². The number of aliphatic hydroxyl groups excluding tert-OH is 2. The van der Waals surface area contributed by atoms with E-state index < -0.39 is 34.5 Å². The number of rotatable bonds is 9. The lowest BCUT2D eigenvalue weighted by Gasteiger charge is -2.16. The van der Waals surface area contributed by atoms with Crippen molar-refractivity contribution in [2.75, 3.05) is 29.5 Å². The highest BCUT2D eigenvalue weighted by molar-refractivity contribution is 5.71. The molecule has 1 aromatic heterocycles. The minimum absolute atomic E-state index is 0.180. The van der Waals surface area contributed by atoms with E-state index in [-0.39, 0.29) is 30.7 Å². The number of halogens is 2. The summed E-state index contributed by atoms with van der Waals surface area (Å²) in [5.74, 6) is -1.71. The third-order valence-electron chi connectivity index (χ3n) is 4.52. The summed E-state index contributed by atoms with van der Waals surface area (Å²) in [5.41, 5.74) is 5.90. The van der Waals surface area contributed by atoms with Gasteiger partial charge in [-0.1, -0.05) is 24.3 Å². The summed E-state index contributed by atoms with van der Waals surface area (Å²) < 4.78 is 26.1. The number of nitrogens with two attached hydrogens (primary N) is 1. The fourth-order valence-corrected chi connectivity index (χ4v) is 2.88. The van der Waals surface area contributed by atoms with Gasteiger partial charge in [-0.25, -0.2) is 8.78 Å². The molecule has 0 radical (unpaired) electrons. The highest BCUT2D eigenvalue weighted by Gasteiger charge is 2.25. The second-order valence-electron chi connectivity index (χ2n) is 6.78. The van der Waals surface area contributed by atoms with Crippen LogP contribution in [0.3, 0.4) is 0 Å². The molecule has 32 heavy (non-hydrogen) atoms. The summed E-state index contributed by atoms with van der Waals surface area (Å²) in [4.78, 5) is 18.6. The quantitative estimate of drug-likeness (QED) is 0.246. The van der Waals surface area contributed by atoms with Crippen LogP contribution in [-0.2, 0) is 0 Å². The van der Waals surface area contributed by atoms with Gasteiger partial charge in [-0.3, -0.25) is 10.1 Å². The number of aliphatic hydroxyl groups is 2. The summed E-state index contributed by atoms with van der Waals surface area (Å²) in [6.45, 7) is -0.360. The molecule has 0 aliphatic heterocycles. The lowest BCUT2D eigenvalue weighted by Crippen LogP contribution is -2.18. The van der Waals surface area contributed by atoms with E-state index in [0.717, 1.165) is 0 Å². The van der Waals surface area contributed by atoms with E-state index in [1.165, 1.54) is 48.5 Å². The second-order valence-corrected chi connectivity index (χ2v) is 6.78. The van der Waals surface area contributed by atoms with Gasteiger partial charge in [0, 0.05) is 13.1 Å². The van der Waals surface area contributed by atoms with Crippen LogP contribution in [0.1, 0.15) is 23.3 Å².